The van der Waals surface area contributed by atoms with E-state index >= 15 is 4.39 Å². The maximum Gasteiger partial charge on any atom is 0.247 e. The number of nitrogens with zero attached hydrogens (tertiary/aromatic N) is 7. The average molecular weight is 521 g/mol. The average Bonchev–Trinajstić information content (AvgIpc) is 3.59. The lowest BCUT2D eigenvalue weighted by atomic mass is 9.88. The van der Waals surface area contributed by atoms with E-state index in [2.05, 4.69) is 25.9 Å². The molecular weight excluding hydrogens is 499 g/mol. The molecule has 0 radical (unpaired) electrons. The smallest absolute Gasteiger partial charge is 0.247 e. The number of anilines is 1. The quantitative estimate of drug-likeness (QED) is 0.441. The number of rotatable bonds is 4. The van der Waals surface area contributed by atoms with Crippen molar-refractivity contribution >= 4 is 45.6 Å². The fourth-order valence-corrected chi connectivity index (χ4v) is 5.58. The Kier molecular flexibility index (Phi) is 5.52. The molecule has 6 rings (SSSR count). The summed E-state index contributed by atoms with van der Waals surface area (Å²) in [6.45, 7) is 2.00. The van der Waals surface area contributed by atoms with Crippen LogP contribution in [0.1, 0.15) is 25.3 Å². The minimum atomic E-state index is -0.645. The van der Waals surface area contributed by atoms with Crippen LogP contribution in [0.5, 0.6) is 0 Å². The lowest BCUT2D eigenvalue weighted by molar-refractivity contribution is -0.135. The van der Waals surface area contributed by atoms with Crippen LogP contribution >= 0.6 is 11.6 Å². The SMILES string of the molecule is CC1C[C@@H](C(=O)Nc2ccc3nn(C)cc3c2)N2C(=O)C=C(c3c(-n4cnnn4)ccc(Cl)c3F)CC12. The summed E-state index contributed by atoms with van der Waals surface area (Å²) in [7, 11) is 1.84. The van der Waals surface area contributed by atoms with E-state index in [1.165, 1.54) is 23.2 Å². The normalized spacial score (nSPS) is 21.3. The Morgan fingerprint density at radius 1 is 1.24 bits per heavy atom. The van der Waals surface area contributed by atoms with Crippen molar-refractivity contribution in [2.75, 3.05) is 5.32 Å². The van der Waals surface area contributed by atoms with Crippen LogP contribution in [0.4, 0.5) is 10.1 Å². The van der Waals surface area contributed by atoms with Crippen molar-refractivity contribution < 1.29 is 14.0 Å². The molecule has 2 aliphatic heterocycles. The van der Waals surface area contributed by atoms with Crippen LogP contribution in [-0.4, -0.2) is 58.8 Å². The zero-order valence-corrected chi connectivity index (χ0v) is 20.7. The first-order chi connectivity index (χ1) is 17.8. The van der Waals surface area contributed by atoms with E-state index in [-0.39, 0.29) is 34.4 Å². The van der Waals surface area contributed by atoms with E-state index in [0.29, 0.717) is 29.8 Å². The highest BCUT2D eigenvalue weighted by atomic mass is 35.5. The van der Waals surface area contributed by atoms with Gasteiger partial charge in [0.15, 0.2) is 5.82 Å². The van der Waals surface area contributed by atoms with Gasteiger partial charge in [0.05, 0.1) is 16.2 Å². The van der Waals surface area contributed by atoms with Gasteiger partial charge in [-0.15, -0.1) is 5.10 Å². The first kappa shape index (κ1) is 23.3. The van der Waals surface area contributed by atoms with E-state index in [1.807, 2.05) is 32.3 Å². The number of hydrogen-bond acceptors (Lipinski definition) is 6. The number of carbonyl (C=O) groups excluding carboxylic acids is 2. The summed E-state index contributed by atoms with van der Waals surface area (Å²) >= 11 is 6.11. The maximum atomic E-state index is 15.3. The molecule has 12 heteroatoms. The molecule has 1 saturated heterocycles. The van der Waals surface area contributed by atoms with Gasteiger partial charge in [-0.05, 0) is 65.1 Å². The summed E-state index contributed by atoms with van der Waals surface area (Å²) < 4.78 is 18.4. The second-order valence-corrected chi connectivity index (χ2v) is 9.90. The second-order valence-electron chi connectivity index (χ2n) is 9.49. The van der Waals surface area contributed by atoms with E-state index < -0.39 is 11.9 Å². The first-order valence-corrected chi connectivity index (χ1v) is 12.2. The third-order valence-corrected chi connectivity index (χ3v) is 7.40. The van der Waals surface area contributed by atoms with Gasteiger partial charge in [-0.2, -0.15) is 9.78 Å². The lowest BCUT2D eigenvalue weighted by Crippen LogP contribution is -2.48. The Morgan fingerprint density at radius 2 is 2.08 bits per heavy atom. The van der Waals surface area contributed by atoms with Crippen LogP contribution in [0, 0.1) is 11.7 Å². The number of benzene rings is 2. The number of aryl methyl sites for hydroxylation is 1. The summed E-state index contributed by atoms with van der Waals surface area (Å²) in [6, 6.07) is 7.62. The number of aromatic nitrogens is 6. The molecule has 0 spiro atoms. The molecule has 0 aliphatic carbocycles. The Hall–Kier alpha value is -4.12. The number of nitrogens with one attached hydrogen (secondary N) is 1. The summed E-state index contributed by atoms with van der Waals surface area (Å²) in [6.07, 6.45) is 5.48. The number of amides is 2. The van der Waals surface area contributed by atoms with E-state index in [4.69, 9.17) is 11.6 Å². The molecular formula is C25H22ClFN8O2. The molecule has 2 aliphatic rings. The minimum Gasteiger partial charge on any atom is -0.324 e. The number of halogens is 2. The Balaban J connectivity index is 1.30. The van der Waals surface area contributed by atoms with Gasteiger partial charge in [-0.25, -0.2) is 4.39 Å². The van der Waals surface area contributed by atoms with E-state index in [1.54, 1.807) is 21.7 Å². The van der Waals surface area contributed by atoms with Crippen LogP contribution in [0.2, 0.25) is 5.02 Å². The number of carbonyl (C=O) groups is 2. The fourth-order valence-electron chi connectivity index (χ4n) is 5.42. The molecule has 0 saturated carbocycles. The largest absolute Gasteiger partial charge is 0.324 e. The van der Waals surface area contributed by atoms with Crippen molar-refractivity contribution in [1.82, 2.24) is 34.9 Å². The Labute approximate surface area is 215 Å². The van der Waals surface area contributed by atoms with Crippen molar-refractivity contribution in [1.29, 1.82) is 0 Å². The predicted octanol–water partition coefficient (Wildman–Crippen LogP) is 3.37. The Bertz CT molecular complexity index is 1580. The molecule has 4 aromatic rings. The molecule has 2 unspecified atom stereocenters. The molecule has 4 heterocycles. The molecule has 3 atom stereocenters. The van der Waals surface area contributed by atoms with Crippen molar-refractivity contribution in [3.63, 3.8) is 0 Å². The standard InChI is InChI=1S/C25H22ClFN8O2/c1-13-7-21(25(37)29-16-3-5-18-15(8-16)11-33(2)30-18)35-20(13)9-14(10-22(35)36)23-19(34-12-28-31-32-34)6-4-17(26)24(23)27/h3-6,8,10-13,20-21H,7,9H2,1-2H3,(H,29,37)/t13?,20?,21-/m0/s1. The van der Waals surface area contributed by atoms with E-state index in [0.717, 1.165) is 10.9 Å². The summed E-state index contributed by atoms with van der Waals surface area (Å²) in [4.78, 5) is 28.3. The monoisotopic (exact) mass is 520 g/mol. The van der Waals surface area contributed by atoms with Crippen LogP contribution in [0.3, 0.4) is 0 Å². The van der Waals surface area contributed by atoms with Crippen molar-refractivity contribution in [2.24, 2.45) is 13.0 Å². The molecule has 1 fully saturated rings. The highest BCUT2D eigenvalue weighted by Crippen LogP contribution is 2.42. The maximum absolute atomic E-state index is 15.3. The third-order valence-electron chi connectivity index (χ3n) is 7.11. The van der Waals surface area contributed by atoms with Crippen LogP contribution < -0.4 is 5.32 Å². The second kappa shape index (κ2) is 8.77. The zero-order valence-electron chi connectivity index (χ0n) is 20.0. The van der Waals surface area contributed by atoms with Gasteiger partial charge in [-0.1, -0.05) is 18.5 Å². The Morgan fingerprint density at radius 3 is 2.86 bits per heavy atom. The summed E-state index contributed by atoms with van der Waals surface area (Å²) in [5.74, 6) is -1.23. The summed E-state index contributed by atoms with van der Waals surface area (Å²) in [5, 5.41) is 19.3. The van der Waals surface area contributed by atoms with Gasteiger partial charge in [0.25, 0.3) is 0 Å². The van der Waals surface area contributed by atoms with Crippen LogP contribution in [-0.2, 0) is 16.6 Å². The van der Waals surface area contributed by atoms with Crippen molar-refractivity contribution in [2.45, 2.75) is 31.8 Å². The highest BCUT2D eigenvalue weighted by Gasteiger charge is 2.47. The first-order valence-electron chi connectivity index (χ1n) is 11.8. The van der Waals surface area contributed by atoms with Crippen molar-refractivity contribution in [3.8, 4) is 5.69 Å². The number of tetrazole rings is 1. The van der Waals surface area contributed by atoms with Gasteiger partial charge >= 0.3 is 0 Å². The van der Waals surface area contributed by atoms with Gasteiger partial charge < -0.3 is 10.2 Å². The number of hydrogen-bond donors (Lipinski definition) is 1. The molecule has 37 heavy (non-hydrogen) atoms. The third kappa shape index (κ3) is 3.95. The lowest BCUT2D eigenvalue weighted by Gasteiger charge is -2.34. The molecule has 0 bridgehead atoms. The highest BCUT2D eigenvalue weighted by molar-refractivity contribution is 6.31. The molecule has 188 valence electrons. The van der Waals surface area contributed by atoms with Gasteiger partial charge in [-0.3, -0.25) is 14.3 Å². The number of fused-ring (bicyclic) bond motifs is 2. The zero-order chi connectivity index (χ0) is 25.8. The molecule has 2 aromatic heterocycles. The van der Waals surface area contributed by atoms with Gasteiger partial charge in [0.2, 0.25) is 11.8 Å². The molecule has 2 aromatic carbocycles. The van der Waals surface area contributed by atoms with Crippen molar-refractivity contribution in [3.05, 3.63) is 65.3 Å². The van der Waals surface area contributed by atoms with Gasteiger partial charge in [0, 0.05) is 42.0 Å². The molecule has 1 N–H and O–H groups in total. The molecule has 2 amide bonds. The predicted molar refractivity (Wildman–Crippen MR) is 134 cm³/mol. The summed E-state index contributed by atoms with van der Waals surface area (Å²) in [5.41, 5.74) is 2.51. The fraction of sp³-hybridized carbons (Fsp3) is 0.280. The topological polar surface area (TPSA) is 111 Å². The van der Waals surface area contributed by atoms with Crippen LogP contribution in [0.25, 0.3) is 22.2 Å². The van der Waals surface area contributed by atoms with Crippen LogP contribution in [0.15, 0.2) is 48.9 Å². The minimum absolute atomic E-state index is 0.0166. The molecule has 10 nitrogen and oxygen atoms in total. The van der Waals surface area contributed by atoms with E-state index in [9.17, 15) is 9.59 Å². The van der Waals surface area contributed by atoms with Gasteiger partial charge in [0.1, 0.15) is 12.4 Å².